The largest absolute Gasteiger partial charge is 0.455 e. The molecular weight excluding hydrogens is 430 g/mol. The summed E-state index contributed by atoms with van der Waals surface area (Å²) in [6, 6.07) is 12.9. The van der Waals surface area contributed by atoms with Gasteiger partial charge in [-0.15, -0.1) is 0 Å². The number of fused-ring (bicyclic) bond motifs is 1. The molecule has 0 bridgehead atoms. The number of carbonyl (C=O) groups is 1. The fraction of sp³-hybridized carbons (Fsp3) is 0.115. The van der Waals surface area contributed by atoms with E-state index >= 15 is 0 Å². The van der Waals surface area contributed by atoms with Crippen LogP contribution >= 0.6 is 0 Å². The highest BCUT2D eigenvalue weighted by Gasteiger charge is 2.19. The minimum absolute atomic E-state index is 0.190. The van der Waals surface area contributed by atoms with E-state index in [1.807, 2.05) is 18.2 Å². The maximum atomic E-state index is 12.7. The number of hydrogen-bond donors (Lipinski definition) is 1. The first-order chi connectivity index (χ1) is 16.5. The Bertz CT molecular complexity index is 1490. The first-order valence-electron chi connectivity index (χ1n) is 10.7. The fourth-order valence-corrected chi connectivity index (χ4v) is 3.51. The number of ether oxygens (including phenoxy) is 1. The summed E-state index contributed by atoms with van der Waals surface area (Å²) in [5.41, 5.74) is 4.09. The molecular formula is C26H21N5O3. The van der Waals surface area contributed by atoms with E-state index in [0.29, 0.717) is 34.5 Å². The van der Waals surface area contributed by atoms with Crippen LogP contribution in [0.1, 0.15) is 27.4 Å². The summed E-state index contributed by atoms with van der Waals surface area (Å²) in [4.78, 5) is 29.8. The molecule has 0 saturated heterocycles. The Labute approximate surface area is 195 Å². The molecule has 1 aromatic carbocycles. The third-order valence-corrected chi connectivity index (χ3v) is 5.44. The van der Waals surface area contributed by atoms with Gasteiger partial charge in [-0.25, -0.2) is 9.97 Å². The van der Waals surface area contributed by atoms with Crippen molar-refractivity contribution in [3.8, 4) is 23.0 Å². The van der Waals surface area contributed by atoms with Crippen LogP contribution in [0, 0.1) is 20.8 Å². The summed E-state index contributed by atoms with van der Waals surface area (Å²) in [5.74, 6) is 1.93. The molecule has 1 N–H and O–H groups in total. The predicted octanol–water partition coefficient (Wildman–Crippen LogP) is 5.65. The molecule has 0 aliphatic carbocycles. The van der Waals surface area contributed by atoms with Gasteiger partial charge in [0.25, 0.3) is 5.91 Å². The van der Waals surface area contributed by atoms with Crippen molar-refractivity contribution in [2.24, 2.45) is 0 Å². The summed E-state index contributed by atoms with van der Waals surface area (Å²) >= 11 is 0. The van der Waals surface area contributed by atoms with E-state index in [4.69, 9.17) is 9.15 Å². The number of amides is 1. The molecule has 8 heteroatoms. The van der Waals surface area contributed by atoms with Crippen LogP contribution in [0.3, 0.4) is 0 Å². The minimum Gasteiger partial charge on any atom is -0.455 e. The normalized spacial score (nSPS) is 10.9. The van der Waals surface area contributed by atoms with Gasteiger partial charge in [0.1, 0.15) is 23.1 Å². The second kappa shape index (κ2) is 8.74. The molecule has 8 nitrogen and oxygen atoms in total. The second-order valence-electron chi connectivity index (χ2n) is 7.86. The van der Waals surface area contributed by atoms with Crippen LogP contribution in [0.5, 0.6) is 11.5 Å². The molecule has 168 valence electrons. The number of anilines is 1. The zero-order chi connectivity index (χ0) is 23.7. The first-order valence-corrected chi connectivity index (χ1v) is 10.7. The van der Waals surface area contributed by atoms with Crippen LogP contribution < -0.4 is 10.1 Å². The average molecular weight is 451 g/mol. The van der Waals surface area contributed by atoms with E-state index in [1.165, 1.54) is 5.56 Å². The molecule has 0 unspecified atom stereocenters. The molecule has 4 aromatic heterocycles. The molecule has 0 spiro atoms. The Morgan fingerprint density at radius 3 is 2.59 bits per heavy atom. The van der Waals surface area contributed by atoms with Crippen molar-refractivity contribution in [1.29, 1.82) is 0 Å². The molecule has 0 aliphatic rings. The quantitative estimate of drug-likeness (QED) is 0.368. The number of nitrogens with one attached hydrogen (secondary N) is 1. The monoisotopic (exact) mass is 451 g/mol. The molecule has 1 amide bonds. The van der Waals surface area contributed by atoms with Crippen molar-refractivity contribution < 1.29 is 13.9 Å². The SMILES string of the molecule is Cc1cc2nccc(Oc3ccc(NC(=O)c4nc(-c5cccnc5)oc4C)nc3)c2cc1C. The second-order valence-corrected chi connectivity index (χ2v) is 7.86. The Balaban J connectivity index is 1.32. The van der Waals surface area contributed by atoms with E-state index in [2.05, 4.69) is 45.2 Å². The third kappa shape index (κ3) is 4.21. The lowest BCUT2D eigenvalue weighted by Gasteiger charge is -2.10. The number of nitrogens with zero attached hydrogens (tertiary/aromatic N) is 4. The summed E-state index contributed by atoms with van der Waals surface area (Å²) in [6.07, 6.45) is 6.56. The number of pyridine rings is 3. The summed E-state index contributed by atoms with van der Waals surface area (Å²) in [5, 5.41) is 3.67. The van der Waals surface area contributed by atoms with E-state index in [1.54, 1.807) is 49.9 Å². The number of carbonyl (C=O) groups excluding carboxylic acids is 1. The van der Waals surface area contributed by atoms with Crippen molar-refractivity contribution in [2.45, 2.75) is 20.8 Å². The lowest BCUT2D eigenvalue weighted by atomic mass is 10.1. The Morgan fingerprint density at radius 1 is 0.971 bits per heavy atom. The lowest BCUT2D eigenvalue weighted by Crippen LogP contribution is -2.14. The van der Waals surface area contributed by atoms with Crippen LogP contribution in [0.2, 0.25) is 0 Å². The van der Waals surface area contributed by atoms with Crippen molar-refractivity contribution >= 4 is 22.6 Å². The van der Waals surface area contributed by atoms with Crippen molar-refractivity contribution in [3.05, 3.63) is 89.8 Å². The molecule has 0 atom stereocenters. The Hall–Kier alpha value is -4.59. The molecule has 0 fully saturated rings. The van der Waals surface area contributed by atoms with Gasteiger partial charge in [0, 0.05) is 24.0 Å². The van der Waals surface area contributed by atoms with Gasteiger partial charge in [-0.2, -0.15) is 0 Å². The Kier molecular flexibility index (Phi) is 5.47. The number of benzene rings is 1. The van der Waals surface area contributed by atoms with Crippen LogP contribution in [0.15, 0.2) is 71.7 Å². The smallest absolute Gasteiger partial charge is 0.279 e. The maximum Gasteiger partial charge on any atom is 0.279 e. The molecule has 5 aromatic rings. The zero-order valence-electron chi connectivity index (χ0n) is 18.9. The van der Waals surface area contributed by atoms with Gasteiger partial charge in [-0.05, 0) is 74.4 Å². The molecule has 34 heavy (non-hydrogen) atoms. The van der Waals surface area contributed by atoms with E-state index in [9.17, 15) is 4.79 Å². The van der Waals surface area contributed by atoms with Crippen LogP contribution in [-0.4, -0.2) is 25.8 Å². The highest BCUT2D eigenvalue weighted by molar-refractivity contribution is 6.03. The average Bonchev–Trinajstić information content (AvgIpc) is 3.24. The van der Waals surface area contributed by atoms with Gasteiger partial charge in [0.2, 0.25) is 5.89 Å². The number of oxazole rings is 1. The van der Waals surface area contributed by atoms with Gasteiger partial charge < -0.3 is 14.5 Å². The maximum absolute atomic E-state index is 12.7. The van der Waals surface area contributed by atoms with E-state index in [-0.39, 0.29) is 5.69 Å². The number of aryl methyl sites for hydroxylation is 3. The predicted molar refractivity (Wildman–Crippen MR) is 128 cm³/mol. The number of aromatic nitrogens is 4. The lowest BCUT2D eigenvalue weighted by molar-refractivity contribution is 0.102. The number of rotatable bonds is 5. The van der Waals surface area contributed by atoms with Crippen LogP contribution in [-0.2, 0) is 0 Å². The highest BCUT2D eigenvalue weighted by atomic mass is 16.5. The standard InChI is InChI=1S/C26H21N5O3/c1-15-11-20-21(12-16(15)2)28-10-8-22(20)34-19-6-7-23(29-14-19)30-25(32)24-17(3)33-26(31-24)18-5-4-9-27-13-18/h4-14H,1-3H3,(H,29,30,32). The van der Waals surface area contributed by atoms with Crippen molar-refractivity contribution in [3.63, 3.8) is 0 Å². The summed E-state index contributed by atoms with van der Waals surface area (Å²) in [6.45, 7) is 5.80. The van der Waals surface area contributed by atoms with E-state index < -0.39 is 5.91 Å². The third-order valence-electron chi connectivity index (χ3n) is 5.44. The van der Waals surface area contributed by atoms with Gasteiger partial charge in [-0.3, -0.25) is 14.8 Å². The van der Waals surface area contributed by atoms with Gasteiger partial charge in [0.15, 0.2) is 5.69 Å². The number of hydrogen-bond acceptors (Lipinski definition) is 7. The zero-order valence-corrected chi connectivity index (χ0v) is 18.9. The van der Waals surface area contributed by atoms with Gasteiger partial charge in [0.05, 0.1) is 17.3 Å². The van der Waals surface area contributed by atoms with Gasteiger partial charge in [-0.1, -0.05) is 0 Å². The van der Waals surface area contributed by atoms with E-state index in [0.717, 1.165) is 16.5 Å². The molecule has 4 heterocycles. The Morgan fingerprint density at radius 2 is 1.82 bits per heavy atom. The van der Waals surface area contributed by atoms with Crippen molar-refractivity contribution in [2.75, 3.05) is 5.32 Å². The van der Waals surface area contributed by atoms with Crippen molar-refractivity contribution in [1.82, 2.24) is 19.9 Å². The fourth-order valence-electron chi connectivity index (χ4n) is 3.51. The first kappa shape index (κ1) is 21.3. The van der Waals surface area contributed by atoms with Crippen LogP contribution in [0.25, 0.3) is 22.4 Å². The molecule has 5 rings (SSSR count). The highest BCUT2D eigenvalue weighted by Crippen LogP contribution is 2.30. The molecule has 0 radical (unpaired) electrons. The topological polar surface area (TPSA) is 103 Å². The van der Waals surface area contributed by atoms with Gasteiger partial charge >= 0.3 is 0 Å². The summed E-state index contributed by atoms with van der Waals surface area (Å²) in [7, 11) is 0. The summed E-state index contributed by atoms with van der Waals surface area (Å²) < 4.78 is 11.7. The minimum atomic E-state index is -0.413. The van der Waals surface area contributed by atoms with Crippen LogP contribution in [0.4, 0.5) is 5.82 Å². The molecule has 0 aliphatic heterocycles. The molecule has 0 saturated carbocycles.